The van der Waals surface area contributed by atoms with Crippen LogP contribution >= 0.6 is 0 Å². The lowest BCUT2D eigenvalue weighted by Crippen LogP contribution is -1.91. The molecule has 4 nitrogen and oxygen atoms in total. The number of hydrogen-bond acceptors (Lipinski definition) is 2. The van der Waals surface area contributed by atoms with Crippen LogP contribution in [0, 0.1) is 6.92 Å². The minimum atomic E-state index is -0.955. The second kappa shape index (κ2) is 3.57. The number of carbonyl (C=O) groups is 1. The predicted molar refractivity (Wildman–Crippen MR) is 56.6 cm³/mol. The second-order valence-electron chi connectivity index (χ2n) is 3.23. The van der Waals surface area contributed by atoms with E-state index in [0.717, 1.165) is 23.1 Å². The number of nitrogens with zero attached hydrogens (tertiary/aromatic N) is 2. The third-order valence-electron chi connectivity index (χ3n) is 2.04. The molecule has 0 amide bonds. The summed E-state index contributed by atoms with van der Waals surface area (Å²) < 4.78 is 1.86. The number of pyridine rings is 1. The lowest BCUT2D eigenvalue weighted by Gasteiger charge is -1.98. The normalized spacial score (nSPS) is 11.3. The zero-order chi connectivity index (χ0) is 10.8. The van der Waals surface area contributed by atoms with Gasteiger partial charge >= 0.3 is 5.97 Å². The van der Waals surface area contributed by atoms with E-state index >= 15 is 0 Å². The molecule has 0 saturated carbocycles. The molecule has 0 bridgehead atoms. The molecule has 0 saturated heterocycles. The van der Waals surface area contributed by atoms with Crippen LogP contribution in [0.25, 0.3) is 11.7 Å². The van der Waals surface area contributed by atoms with E-state index in [9.17, 15) is 4.79 Å². The van der Waals surface area contributed by atoms with Crippen LogP contribution < -0.4 is 0 Å². The van der Waals surface area contributed by atoms with Crippen LogP contribution in [-0.4, -0.2) is 20.5 Å². The van der Waals surface area contributed by atoms with Crippen molar-refractivity contribution < 1.29 is 9.90 Å². The highest BCUT2D eigenvalue weighted by Crippen LogP contribution is 2.09. The standard InChI is InChI=1S/C11H10N2O2/c1-8-7-13-9(5-6-11(14)15)3-2-4-10(13)12-8/h2-7H,1H3,(H,14,15)/b6-5+. The molecule has 76 valence electrons. The third kappa shape index (κ3) is 1.88. The topological polar surface area (TPSA) is 54.6 Å². The Balaban J connectivity index is 2.55. The fraction of sp³-hybridized carbons (Fsp3) is 0.0909. The number of carboxylic acids is 1. The second-order valence-corrected chi connectivity index (χ2v) is 3.23. The summed E-state index contributed by atoms with van der Waals surface area (Å²) in [7, 11) is 0. The molecule has 4 heteroatoms. The number of aromatic nitrogens is 2. The van der Waals surface area contributed by atoms with Gasteiger partial charge in [0.05, 0.1) is 5.69 Å². The number of hydrogen-bond donors (Lipinski definition) is 1. The Bertz CT molecular complexity index is 541. The number of imidazole rings is 1. The highest BCUT2D eigenvalue weighted by atomic mass is 16.4. The van der Waals surface area contributed by atoms with Crippen molar-refractivity contribution in [3.63, 3.8) is 0 Å². The third-order valence-corrected chi connectivity index (χ3v) is 2.04. The van der Waals surface area contributed by atoms with Crippen molar-refractivity contribution in [2.45, 2.75) is 6.92 Å². The van der Waals surface area contributed by atoms with Crippen LogP contribution in [0.3, 0.4) is 0 Å². The molecule has 15 heavy (non-hydrogen) atoms. The van der Waals surface area contributed by atoms with Gasteiger partial charge in [0.25, 0.3) is 0 Å². The van der Waals surface area contributed by atoms with E-state index in [1.807, 2.05) is 35.7 Å². The number of carboxylic acid groups (broad SMARTS) is 1. The van der Waals surface area contributed by atoms with E-state index in [0.29, 0.717) is 0 Å². The summed E-state index contributed by atoms with van der Waals surface area (Å²) in [6.07, 6.45) is 4.54. The van der Waals surface area contributed by atoms with Gasteiger partial charge in [0.2, 0.25) is 0 Å². The largest absolute Gasteiger partial charge is 0.478 e. The average Bonchev–Trinajstić information content (AvgIpc) is 2.55. The first-order valence-electron chi connectivity index (χ1n) is 4.52. The summed E-state index contributed by atoms with van der Waals surface area (Å²) in [5.41, 5.74) is 2.53. The molecule has 2 aromatic rings. The molecule has 0 aliphatic carbocycles. The molecule has 2 heterocycles. The maximum absolute atomic E-state index is 10.4. The van der Waals surface area contributed by atoms with Crippen molar-refractivity contribution >= 4 is 17.7 Å². The smallest absolute Gasteiger partial charge is 0.328 e. The fourth-order valence-electron chi connectivity index (χ4n) is 1.45. The molecular formula is C11H10N2O2. The maximum atomic E-state index is 10.4. The number of aryl methyl sites for hydroxylation is 1. The first kappa shape index (κ1) is 9.45. The van der Waals surface area contributed by atoms with Crippen molar-refractivity contribution in [1.29, 1.82) is 0 Å². The first-order chi connectivity index (χ1) is 7.16. The molecular weight excluding hydrogens is 192 g/mol. The summed E-state index contributed by atoms with van der Waals surface area (Å²) in [5, 5.41) is 8.54. The summed E-state index contributed by atoms with van der Waals surface area (Å²) in [5.74, 6) is -0.955. The lowest BCUT2D eigenvalue weighted by molar-refractivity contribution is -0.131. The van der Waals surface area contributed by atoms with E-state index in [1.54, 1.807) is 6.08 Å². The van der Waals surface area contributed by atoms with E-state index in [-0.39, 0.29) is 0 Å². The molecule has 1 N–H and O–H groups in total. The Kier molecular flexibility index (Phi) is 2.25. The molecule has 0 radical (unpaired) electrons. The minimum absolute atomic E-state index is 0.801. The van der Waals surface area contributed by atoms with E-state index < -0.39 is 5.97 Å². The van der Waals surface area contributed by atoms with Crippen LogP contribution in [-0.2, 0) is 4.79 Å². The monoisotopic (exact) mass is 202 g/mol. The minimum Gasteiger partial charge on any atom is -0.478 e. The zero-order valence-electron chi connectivity index (χ0n) is 8.21. The molecule has 0 fully saturated rings. The highest BCUT2D eigenvalue weighted by Gasteiger charge is 1.99. The van der Waals surface area contributed by atoms with Gasteiger partial charge in [-0.05, 0) is 25.1 Å². The Hall–Kier alpha value is -2.10. The zero-order valence-corrected chi connectivity index (χ0v) is 8.21. The van der Waals surface area contributed by atoms with Gasteiger partial charge in [-0.3, -0.25) is 0 Å². The molecule has 0 aliphatic heterocycles. The van der Waals surface area contributed by atoms with Crippen molar-refractivity contribution in [2.24, 2.45) is 0 Å². The quantitative estimate of drug-likeness (QED) is 0.754. The molecule has 0 spiro atoms. The summed E-state index contributed by atoms with van der Waals surface area (Å²) in [6.45, 7) is 1.90. The Labute approximate surface area is 86.5 Å². The van der Waals surface area contributed by atoms with E-state index in [1.165, 1.54) is 0 Å². The molecule has 0 atom stereocenters. The van der Waals surface area contributed by atoms with Gasteiger partial charge in [0, 0.05) is 18.0 Å². The van der Waals surface area contributed by atoms with Crippen molar-refractivity contribution in [2.75, 3.05) is 0 Å². The summed E-state index contributed by atoms with van der Waals surface area (Å²) in [4.78, 5) is 14.7. The van der Waals surface area contributed by atoms with E-state index in [2.05, 4.69) is 4.98 Å². The Morgan fingerprint density at radius 1 is 1.53 bits per heavy atom. The highest BCUT2D eigenvalue weighted by molar-refractivity contribution is 5.85. The molecule has 2 rings (SSSR count). The van der Waals surface area contributed by atoms with Gasteiger partial charge in [-0.25, -0.2) is 9.78 Å². The Morgan fingerprint density at radius 3 is 3.07 bits per heavy atom. The first-order valence-corrected chi connectivity index (χ1v) is 4.52. The van der Waals surface area contributed by atoms with E-state index in [4.69, 9.17) is 5.11 Å². The van der Waals surface area contributed by atoms with Crippen molar-refractivity contribution in [3.05, 3.63) is 41.9 Å². The molecule has 0 unspecified atom stereocenters. The molecule has 0 aliphatic rings. The number of aliphatic carboxylic acids is 1. The summed E-state index contributed by atoms with van der Waals surface area (Å²) >= 11 is 0. The van der Waals surface area contributed by atoms with Gasteiger partial charge < -0.3 is 9.51 Å². The van der Waals surface area contributed by atoms with Crippen LogP contribution in [0.2, 0.25) is 0 Å². The molecule has 2 aromatic heterocycles. The van der Waals surface area contributed by atoms with Gasteiger partial charge in [0.15, 0.2) is 0 Å². The van der Waals surface area contributed by atoms with Gasteiger partial charge in [0.1, 0.15) is 5.65 Å². The van der Waals surface area contributed by atoms with Gasteiger partial charge in [-0.15, -0.1) is 0 Å². The van der Waals surface area contributed by atoms with Crippen molar-refractivity contribution in [3.8, 4) is 0 Å². The van der Waals surface area contributed by atoms with Crippen LogP contribution in [0.1, 0.15) is 11.4 Å². The maximum Gasteiger partial charge on any atom is 0.328 e. The average molecular weight is 202 g/mol. The van der Waals surface area contributed by atoms with Crippen LogP contribution in [0.4, 0.5) is 0 Å². The fourth-order valence-corrected chi connectivity index (χ4v) is 1.45. The number of rotatable bonds is 2. The summed E-state index contributed by atoms with van der Waals surface area (Å²) in [6, 6.07) is 5.57. The van der Waals surface area contributed by atoms with Gasteiger partial charge in [-0.1, -0.05) is 6.07 Å². The lowest BCUT2D eigenvalue weighted by atomic mass is 10.3. The van der Waals surface area contributed by atoms with Crippen LogP contribution in [0.5, 0.6) is 0 Å². The van der Waals surface area contributed by atoms with Crippen molar-refractivity contribution in [1.82, 2.24) is 9.38 Å². The van der Waals surface area contributed by atoms with Gasteiger partial charge in [-0.2, -0.15) is 0 Å². The Morgan fingerprint density at radius 2 is 2.33 bits per heavy atom. The number of fused-ring (bicyclic) bond motifs is 1. The van der Waals surface area contributed by atoms with Crippen LogP contribution in [0.15, 0.2) is 30.5 Å². The SMILES string of the molecule is Cc1cn2c(/C=C/C(=O)O)cccc2n1. The predicted octanol–water partition coefficient (Wildman–Crippen LogP) is 1.74. The molecule has 0 aromatic carbocycles.